The van der Waals surface area contributed by atoms with Crippen molar-refractivity contribution in [2.24, 2.45) is 0 Å². The van der Waals surface area contributed by atoms with E-state index in [2.05, 4.69) is 15.3 Å². The van der Waals surface area contributed by atoms with Crippen LogP contribution in [0.25, 0.3) is 11.0 Å². The van der Waals surface area contributed by atoms with E-state index in [0.29, 0.717) is 11.4 Å². The number of carbonyl (C=O) groups is 2. The van der Waals surface area contributed by atoms with Crippen LogP contribution >= 0.6 is 0 Å². The highest BCUT2D eigenvalue weighted by Crippen LogP contribution is 2.19. The number of fused-ring (bicyclic) bond motifs is 1. The first kappa shape index (κ1) is 14.8. The Labute approximate surface area is 120 Å². The number of amides is 1. The average molecular weight is 291 g/mol. The molecule has 2 rings (SSSR count). The topological polar surface area (TPSA) is 92.2 Å². The Morgan fingerprint density at radius 3 is 2.48 bits per heavy atom. The molecule has 6 nitrogen and oxygen atoms in total. The average Bonchev–Trinajstić information content (AvgIpc) is 2.39. The lowest BCUT2D eigenvalue weighted by Crippen LogP contribution is -2.38. The van der Waals surface area contributed by atoms with Crippen LogP contribution in [0.15, 0.2) is 12.1 Å². The molecule has 0 aliphatic carbocycles. The van der Waals surface area contributed by atoms with Crippen molar-refractivity contribution in [3.05, 3.63) is 34.9 Å². The van der Waals surface area contributed by atoms with Gasteiger partial charge in [0.05, 0.1) is 22.5 Å². The van der Waals surface area contributed by atoms with Gasteiger partial charge in [0.25, 0.3) is 5.91 Å². The predicted molar refractivity (Wildman–Crippen MR) is 73.5 cm³/mol. The molecule has 21 heavy (non-hydrogen) atoms. The van der Waals surface area contributed by atoms with Crippen LogP contribution in [0, 0.1) is 19.7 Å². The number of benzene rings is 1. The highest BCUT2D eigenvalue weighted by atomic mass is 19.1. The lowest BCUT2D eigenvalue weighted by Gasteiger charge is -2.11. The fourth-order valence-electron chi connectivity index (χ4n) is 1.81. The van der Waals surface area contributed by atoms with Gasteiger partial charge in [-0.3, -0.25) is 9.59 Å². The Kier molecular flexibility index (Phi) is 3.84. The SMILES string of the molecule is Cc1nc2cc(F)cc(C(=O)N[C@H](C)C(=O)O)c2nc1C. The van der Waals surface area contributed by atoms with E-state index in [1.165, 1.54) is 13.0 Å². The molecule has 1 amide bonds. The normalized spacial score (nSPS) is 12.2. The number of hydrogen-bond acceptors (Lipinski definition) is 4. The van der Waals surface area contributed by atoms with Crippen molar-refractivity contribution in [2.75, 3.05) is 0 Å². The maximum Gasteiger partial charge on any atom is 0.325 e. The molecule has 1 atom stereocenters. The fraction of sp³-hybridized carbons (Fsp3) is 0.286. The molecule has 1 aromatic carbocycles. The van der Waals surface area contributed by atoms with Crippen molar-refractivity contribution in [1.29, 1.82) is 0 Å². The van der Waals surface area contributed by atoms with Gasteiger partial charge in [-0.25, -0.2) is 14.4 Å². The van der Waals surface area contributed by atoms with Gasteiger partial charge in [-0.15, -0.1) is 0 Å². The molecule has 0 bridgehead atoms. The van der Waals surface area contributed by atoms with Gasteiger partial charge in [-0.05, 0) is 26.8 Å². The maximum atomic E-state index is 13.6. The second-order valence-corrected chi connectivity index (χ2v) is 4.75. The molecule has 2 N–H and O–H groups in total. The van der Waals surface area contributed by atoms with E-state index < -0.39 is 23.7 Å². The summed E-state index contributed by atoms with van der Waals surface area (Å²) in [5, 5.41) is 11.1. The number of aryl methyl sites for hydroxylation is 2. The van der Waals surface area contributed by atoms with Gasteiger partial charge in [0.15, 0.2) is 0 Å². The smallest absolute Gasteiger partial charge is 0.325 e. The van der Waals surface area contributed by atoms with Gasteiger partial charge >= 0.3 is 5.97 Å². The zero-order valence-corrected chi connectivity index (χ0v) is 11.8. The summed E-state index contributed by atoms with van der Waals surface area (Å²) in [6.07, 6.45) is 0. The number of halogens is 1. The zero-order chi connectivity index (χ0) is 15.7. The molecular formula is C14H14FN3O3. The quantitative estimate of drug-likeness (QED) is 0.896. The Bertz CT molecular complexity index is 746. The minimum atomic E-state index is -1.18. The number of carbonyl (C=O) groups excluding carboxylic acids is 1. The summed E-state index contributed by atoms with van der Waals surface area (Å²) in [6.45, 7) is 4.79. The molecule has 0 radical (unpaired) electrons. The summed E-state index contributed by atoms with van der Waals surface area (Å²) < 4.78 is 13.6. The lowest BCUT2D eigenvalue weighted by molar-refractivity contribution is -0.138. The Hall–Kier alpha value is -2.57. The van der Waals surface area contributed by atoms with Crippen LogP contribution in [0.5, 0.6) is 0 Å². The molecule has 2 aromatic rings. The summed E-state index contributed by atoms with van der Waals surface area (Å²) in [7, 11) is 0. The molecule has 1 aromatic heterocycles. The third kappa shape index (κ3) is 2.96. The minimum absolute atomic E-state index is 0.0336. The summed E-state index contributed by atoms with van der Waals surface area (Å²) in [5.74, 6) is -2.51. The fourth-order valence-corrected chi connectivity index (χ4v) is 1.81. The third-order valence-corrected chi connectivity index (χ3v) is 3.11. The number of rotatable bonds is 3. The van der Waals surface area contributed by atoms with Crippen LogP contribution < -0.4 is 5.32 Å². The Balaban J connectivity index is 2.55. The first-order chi connectivity index (χ1) is 9.79. The number of aliphatic carboxylic acids is 1. The largest absolute Gasteiger partial charge is 0.480 e. The summed E-state index contributed by atoms with van der Waals surface area (Å²) in [4.78, 5) is 31.3. The lowest BCUT2D eigenvalue weighted by atomic mass is 10.1. The van der Waals surface area contributed by atoms with Gasteiger partial charge in [-0.2, -0.15) is 0 Å². The van der Waals surface area contributed by atoms with E-state index in [1.807, 2.05) is 0 Å². The van der Waals surface area contributed by atoms with E-state index >= 15 is 0 Å². The van der Waals surface area contributed by atoms with Gasteiger partial charge in [0.1, 0.15) is 17.4 Å². The Morgan fingerprint density at radius 1 is 1.24 bits per heavy atom. The van der Waals surface area contributed by atoms with Gasteiger partial charge < -0.3 is 10.4 Å². The second-order valence-electron chi connectivity index (χ2n) is 4.75. The van der Waals surface area contributed by atoms with Gasteiger partial charge in [0.2, 0.25) is 0 Å². The van der Waals surface area contributed by atoms with E-state index in [0.717, 1.165) is 6.07 Å². The number of carboxylic acid groups (broad SMARTS) is 1. The van der Waals surface area contributed by atoms with Crippen LogP contribution in [0.1, 0.15) is 28.7 Å². The molecule has 0 spiro atoms. The molecule has 7 heteroatoms. The van der Waals surface area contributed by atoms with Crippen molar-refractivity contribution in [3.8, 4) is 0 Å². The zero-order valence-electron chi connectivity index (χ0n) is 11.8. The van der Waals surface area contributed by atoms with Crippen molar-refractivity contribution >= 4 is 22.9 Å². The maximum absolute atomic E-state index is 13.6. The first-order valence-electron chi connectivity index (χ1n) is 6.27. The first-order valence-corrected chi connectivity index (χ1v) is 6.27. The number of aromatic nitrogens is 2. The van der Waals surface area contributed by atoms with Crippen LogP contribution in [-0.4, -0.2) is 33.0 Å². The molecule has 0 saturated carbocycles. The monoisotopic (exact) mass is 291 g/mol. The number of nitrogens with one attached hydrogen (secondary N) is 1. The standard InChI is InChI=1S/C14H14FN3O3/c1-6-7(2)17-12-10(4-9(15)5-11(12)16-6)13(19)18-8(3)14(20)21/h4-5,8H,1-3H3,(H,18,19)(H,20,21)/t8-/m1/s1. The van der Waals surface area contributed by atoms with Gasteiger partial charge in [-0.1, -0.05) is 0 Å². The summed E-state index contributed by atoms with van der Waals surface area (Å²) in [6, 6.07) is 1.12. The highest BCUT2D eigenvalue weighted by molar-refractivity contribution is 6.05. The molecule has 110 valence electrons. The van der Waals surface area contributed by atoms with Crippen LogP contribution in [0.2, 0.25) is 0 Å². The third-order valence-electron chi connectivity index (χ3n) is 3.11. The van der Waals surface area contributed by atoms with Crippen molar-refractivity contribution in [1.82, 2.24) is 15.3 Å². The predicted octanol–water partition coefficient (Wildman–Crippen LogP) is 1.59. The van der Waals surface area contributed by atoms with E-state index in [4.69, 9.17) is 5.11 Å². The molecule has 1 heterocycles. The van der Waals surface area contributed by atoms with Crippen LogP contribution in [0.4, 0.5) is 4.39 Å². The number of nitrogens with zero attached hydrogens (tertiary/aromatic N) is 2. The minimum Gasteiger partial charge on any atom is -0.480 e. The molecule has 0 aliphatic rings. The molecule has 0 aliphatic heterocycles. The van der Waals surface area contributed by atoms with E-state index in [-0.39, 0.29) is 16.6 Å². The van der Waals surface area contributed by atoms with Crippen molar-refractivity contribution in [3.63, 3.8) is 0 Å². The highest BCUT2D eigenvalue weighted by Gasteiger charge is 2.19. The van der Waals surface area contributed by atoms with Gasteiger partial charge in [0, 0.05) is 6.07 Å². The van der Waals surface area contributed by atoms with Crippen LogP contribution in [-0.2, 0) is 4.79 Å². The molecule has 0 saturated heterocycles. The summed E-state index contributed by atoms with van der Waals surface area (Å²) >= 11 is 0. The van der Waals surface area contributed by atoms with Crippen molar-refractivity contribution in [2.45, 2.75) is 26.8 Å². The summed E-state index contributed by atoms with van der Waals surface area (Å²) in [5.41, 5.74) is 1.72. The van der Waals surface area contributed by atoms with E-state index in [9.17, 15) is 14.0 Å². The van der Waals surface area contributed by atoms with Crippen LogP contribution in [0.3, 0.4) is 0 Å². The van der Waals surface area contributed by atoms with E-state index in [1.54, 1.807) is 13.8 Å². The molecule has 0 unspecified atom stereocenters. The van der Waals surface area contributed by atoms with Crippen molar-refractivity contribution < 1.29 is 19.1 Å². The number of hydrogen-bond donors (Lipinski definition) is 2. The second kappa shape index (κ2) is 5.43. The molecule has 0 fully saturated rings. The number of carboxylic acids is 1. The Morgan fingerprint density at radius 2 is 1.86 bits per heavy atom. The molecular weight excluding hydrogens is 277 g/mol.